The van der Waals surface area contributed by atoms with Gasteiger partial charge in [-0.2, -0.15) is 4.31 Å². The van der Waals surface area contributed by atoms with Crippen molar-refractivity contribution in [1.82, 2.24) is 9.21 Å². The third kappa shape index (κ3) is 4.30. The highest BCUT2D eigenvalue weighted by atomic mass is 35.5. The predicted molar refractivity (Wildman–Crippen MR) is 116 cm³/mol. The Hall–Kier alpha value is -1.81. The van der Waals surface area contributed by atoms with Crippen molar-refractivity contribution in [2.24, 2.45) is 0 Å². The summed E-state index contributed by atoms with van der Waals surface area (Å²) in [5, 5.41) is -0.232. The summed E-state index contributed by atoms with van der Waals surface area (Å²) in [7, 11) is -3.79. The third-order valence-corrected chi connectivity index (χ3v) is 8.50. The molecular weight excluding hydrogens is 449 g/mol. The standard InChI is InChI=1S/C20H21ClFN3O3S2/c21-16-13-15(5-6-17(16)22)30(27,28)25-9-7-23(8-10-25)20(26)14-24-11-12-29-19-4-2-1-3-18(19)24/h1-6,13H,7-12,14H2. The van der Waals surface area contributed by atoms with E-state index in [-0.39, 0.29) is 35.5 Å². The minimum atomic E-state index is -3.79. The molecule has 0 N–H and O–H groups in total. The molecule has 6 nitrogen and oxygen atoms in total. The maximum atomic E-state index is 13.4. The van der Waals surface area contributed by atoms with Crippen molar-refractivity contribution >= 4 is 45.0 Å². The molecule has 160 valence electrons. The van der Waals surface area contributed by atoms with Gasteiger partial charge in [0, 0.05) is 43.4 Å². The first-order chi connectivity index (χ1) is 14.4. The topological polar surface area (TPSA) is 60.9 Å². The van der Waals surface area contributed by atoms with Crippen molar-refractivity contribution in [3.8, 4) is 0 Å². The van der Waals surface area contributed by atoms with E-state index >= 15 is 0 Å². The zero-order valence-electron chi connectivity index (χ0n) is 16.1. The van der Waals surface area contributed by atoms with E-state index in [1.165, 1.54) is 15.3 Å². The number of rotatable bonds is 4. The van der Waals surface area contributed by atoms with E-state index < -0.39 is 15.8 Å². The van der Waals surface area contributed by atoms with Gasteiger partial charge in [0.05, 0.1) is 22.2 Å². The number of para-hydroxylation sites is 1. The second-order valence-corrected chi connectivity index (χ2v) is 10.6. The van der Waals surface area contributed by atoms with Gasteiger partial charge in [-0.05, 0) is 30.3 Å². The summed E-state index contributed by atoms with van der Waals surface area (Å²) in [5.41, 5.74) is 1.07. The molecule has 10 heteroatoms. The van der Waals surface area contributed by atoms with Gasteiger partial charge in [0.25, 0.3) is 0 Å². The number of benzene rings is 2. The molecule has 2 aromatic carbocycles. The first kappa shape index (κ1) is 21.4. The molecule has 0 aromatic heterocycles. The number of halogens is 2. The Kier molecular flexibility index (Phi) is 6.24. The number of amides is 1. The Morgan fingerprint density at radius 3 is 2.53 bits per heavy atom. The van der Waals surface area contributed by atoms with Crippen LogP contribution in [0.25, 0.3) is 0 Å². The zero-order chi connectivity index (χ0) is 21.3. The van der Waals surface area contributed by atoms with E-state index in [0.717, 1.165) is 30.1 Å². The van der Waals surface area contributed by atoms with Gasteiger partial charge in [0.1, 0.15) is 5.82 Å². The van der Waals surface area contributed by atoms with Crippen LogP contribution < -0.4 is 4.90 Å². The van der Waals surface area contributed by atoms with Crippen LogP contribution in [-0.4, -0.2) is 68.6 Å². The van der Waals surface area contributed by atoms with E-state index in [1.54, 1.807) is 16.7 Å². The zero-order valence-corrected chi connectivity index (χ0v) is 18.5. The van der Waals surface area contributed by atoms with Crippen LogP contribution in [0.3, 0.4) is 0 Å². The minimum absolute atomic E-state index is 0.0152. The smallest absolute Gasteiger partial charge is 0.243 e. The number of sulfonamides is 1. The van der Waals surface area contributed by atoms with Crippen LogP contribution in [0.2, 0.25) is 5.02 Å². The van der Waals surface area contributed by atoms with E-state index in [1.807, 2.05) is 18.2 Å². The van der Waals surface area contributed by atoms with E-state index in [4.69, 9.17) is 11.6 Å². The van der Waals surface area contributed by atoms with E-state index in [9.17, 15) is 17.6 Å². The fraction of sp³-hybridized carbons (Fsp3) is 0.350. The average molecular weight is 470 g/mol. The van der Waals surface area contributed by atoms with Crippen LogP contribution in [0.4, 0.5) is 10.1 Å². The number of anilines is 1. The average Bonchev–Trinajstić information content (AvgIpc) is 2.76. The number of hydrogen-bond acceptors (Lipinski definition) is 5. The Morgan fingerprint density at radius 1 is 1.07 bits per heavy atom. The maximum absolute atomic E-state index is 13.4. The van der Waals surface area contributed by atoms with E-state index in [2.05, 4.69) is 11.0 Å². The molecule has 1 saturated heterocycles. The Labute approximate surface area is 184 Å². The molecule has 0 unspecified atom stereocenters. The molecule has 2 heterocycles. The van der Waals surface area contributed by atoms with Gasteiger partial charge in [0.2, 0.25) is 15.9 Å². The number of fused-ring (bicyclic) bond motifs is 1. The first-order valence-electron chi connectivity index (χ1n) is 9.56. The molecule has 0 radical (unpaired) electrons. The number of piperazine rings is 1. The summed E-state index contributed by atoms with van der Waals surface area (Å²) >= 11 is 7.52. The molecule has 2 aromatic rings. The van der Waals surface area contributed by atoms with Crippen LogP contribution >= 0.6 is 23.4 Å². The van der Waals surface area contributed by atoms with Crippen LogP contribution in [0.5, 0.6) is 0 Å². The molecule has 2 aliphatic rings. The largest absolute Gasteiger partial charge is 0.360 e. The third-order valence-electron chi connectivity index (χ3n) is 5.27. The van der Waals surface area contributed by atoms with Crippen LogP contribution in [0.1, 0.15) is 0 Å². The highest BCUT2D eigenvalue weighted by molar-refractivity contribution is 7.99. The summed E-state index contributed by atoms with van der Waals surface area (Å²) in [4.78, 5) is 17.7. The summed E-state index contributed by atoms with van der Waals surface area (Å²) in [6, 6.07) is 11.4. The lowest BCUT2D eigenvalue weighted by molar-refractivity contribution is -0.130. The van der Waals surface area contributed by atoms with E-state index in [0.29, 0.717) is 13.1 Å². The molecule has 0 bridgehead atoms. The highest BCUT2D eigenvalue weighted by Gasteiger charge is 2.31. The molecule has 0 saturated carbocycles. The second kappa shape index (κ2) is 8.74. The summed E-state index contributed by atoms with van der Waals surface area (Å²) in [5.74, 6) is 0.249. The molecule has 1 fully saturated rings. The Bertz CT molecular complexity index is 1060. The van der Waals surface area contributed by atoms with Gasteiger partial charge < -0.3 is 9.80 Å². The quantitative estimate of drug-likeness (QED) is 0.689. The number of thioether (sulfide) groups is 1. The first-order valence-corrected chi connectivity index (χ1v) is 12.4. The van der Waals surface area contributed by atoms with Gasteiger partial charge in [-0.25, -0.2) is 12.8 Å². The molecule has 0 spiro atoms. The van der Waals surface area contributed by atoms with Crippen molar-refractivity contribution in [3.05, 3.63) is 53.3 Å². The normalized spacial score (nSPS) is 17.7. The SMILES string of the molecule is O=C(CN1CCSc2ccccc21)N1CCN(S(=O)(=O)c2ccc(F)c(Cl)c2)CC1. The molecule has 0 aliphatic carbocycles. The fourth-order valence-corrected chi connectivity index (χ4v) is 6.36. The summed E-state index contributed by atoms with van der Waals surface area (Å²) < 4.78 is 40.3. The van der Waals surface area contributed by atoms with Gasteiger partial charge >= 0.3 is 0 Å². The molecule has 30 heavy (non-hydrogen) atoms. The lowest BCUT2D eigenvalue weighted by atomic mass is 10.2. The van der Waals surface area contributed by atoms with Gasteiger partial charge in [-0.1, -0.05) is 23.7 Å². The fourth-order valence-electron chi connectivity index (χ4n) is 3.62. The van der Waals surface area contributed by atoms with Crippen molar-refractivity contribution in [2.75, 3.05) is 49.9 Å². The highest BCUT2D eigenvalue weighted by Crippen LogP contribution is 2.34. The molecule has 0 atom stereocenters. The van der Waals surface area contributed by atoms with Crippen LogP contribution in [0, 0.1) is 5.82 Å². The van der Waals surface area contributed by atoms with Crippen LogP contribution in [0.15, 0.2) is 52.3 Å². The monoisotopic (exact) mass is 469 g/mol. The maximum Gasteiger partial charge on any atom is 0.243 e. The molecule has 4 rings (SSSR count). The predicted octanol–water partition coefficient (Wildman–Crippen LogP) is 2.92. The minimum Gasteiger partial charge on any atom is -0.360 e. The number of carbonyl (C=O) groups excluding carboxylic acids is 1. The number of nitrogens with zero attached hydrogens (tertiary/aromatic N) is 3. The summed E-state index contributed by atoms with van der Waals surface area (Å²) in [6.45, 7) is 2.09. The van der Waals surface area contributed by atoms with Crippen molar-refractivity contribution in [2.45, 2.75) is 9.79 Å². The number of hydrogen-bond donors (Lipinski definition) is 0. The second-order valence-electron chi connectivity index (χ2n) is 7.10. The summed E-state index contributed by atoms with van der Waals surface area (Å²) in [6.07, 6.45) is 0. The Balaban J connectivity index is 1.39. The van der Waals surface area contributed by atoms with Gasteiger partial charge in [-0.15, -0.1) is 11.8 Å². The van der Waals surface area contributed by atoms with Gasteiger partial charge in [-0.3, -0.25) is 4.79 Å². The van der Waals surface area contributed by atoms with Crippen molar-refractivity contribution in [3.63, 3.8) is 0 Å². The molecular formula is C20H21ClFN3O3S2. The Morgan fingerprint density at radius 2 is 1.80 bits per heavy atom. The lowest BCUT2D eigenvalue weighted by Gasteiger charge is -2.36. The van der Waals surface area contributed by atoms with Crippen molar-refractivity contribution in [1.29, 1.82) is 0 Å². The van der Waals surface area contributed by atoms with Crippen LogP contribution in [-0.2, 0) is 14.8 Å². The van der Waals surface area contributed by atoms with Gasteiger partial charge in [0.15, 0.2) is 0 Å². The lowest BCUT2D eigenvalue weighted by Crippen LogP contribution is -2.52. The number of carbonyl (C=O) groups is 1. The molecule has 1 amide bonds. The molecule has 2 aliphatic heterocycles. The van der Waals surface area contributed by atoms with Crippen molar-refractivity contribution < 1.29 is 17.6 Å².